The molecule has 1 aromatic heterocycles. The number of anilines is 1. The molecule has 0 unspecified atom stereocenters. The van der Waals surface area contributed by atoms with Crippen LogP contribution in [0.15, 0.2) is 6.20 Å². The van der Waals surface area contributed by atoms with Crippen LogP contribution < -0.4 is 11.1 Å². The number of hydrogen-bond acceptors (Lipinski definition) is 4. The topological polar surface area (TPSA) is 93.0 Å². The van der Waals surface area contributed by atoms with E-state index in [2.05, 4.69) is 15.3 Å². The van der Waals surface area contributed by atoms with Crippen molar-refractivity contribution in [2.45, 2.75) is 39.2 Å². The van der Waals surface area contributed by atoms with Crippen LogP contribution >= 0.6 is 0 Å². The molecule has 1 heterocycles. The standard InChI is InChI=1S/C11H20N4O2/c1-11(2,3)17-10(16)15-9-13-7-8(14-9)5-4-6-12/h7H,4-6,12H2,1-3H3,(H2,13,14,15,16). The first-order valence-corrected chi connectivity index (χ1v) is 5.64. The highest BCUT2D eigenvalue weighted by Crippen LogP contribution is 2.10. The van der Waals surface area contributed by atoms with Crippen LogP contribution in [0.3, 0.4) is 0 Å². The lowest BCUT2D eigenvalue weighted by Gasteiger charge is -2.18. The van der Waals surface area contributed by atoms with Crippen LogP contribution in [0.25, 0.3) is 0 Å². The van der Waals surface area contributed by atoms with Crippen molar-refractivity contribution < 1.29 is 9.53 Å². The molecule has 1 rings (SSSR count). The Bertz CT molecular complexity index is 368. The average Bonchev–Trinajstić information content (AvgIpc) is 2.59. The Morgan fingerprint density at radius 1 is 1.59 bits per heavy atom. The van der Waals surface area contributed by atoms with Crippen LogP contribution in [0.5, 0.6) is 0 Å². The predicted octanol–water partition coefficient (Wildman–Crippen LogP) is 1.65. The Labute approximate surface area is 101 Å². The number of nitrogens with two attached hydrogens (primary N) is 1. The summed E-state index contributed by atoms with van der Waals surface area (Å²) in [6.45, 7) is 6.05. The van der Waals surface area contributed by atoms with Gasteiger partial charge in [-0.05, 0) is 40.2 Å². The van der Waals surface area contributed by atoms with Gasteiger partial charge in [0.2, 0.25) is 5.95 Å². The summed E-state index contributed by atoms with van der Waals surface area (Å²) in [4.78, 5) is 18.5. The fourth-order valence-electron chi connectivity index (χ4n) is 1.24. The number of imidazole rings is 1. The first kappa shape index (κ1) is 13.5. The number of amides is 1. The Hall–Kier alpha value is -1.56. The lowest BCUT2D eigenvalue weighted by atomic mass is 10.2. The van der Waals surface area contributed by atoms with Crippen molar-refractivity contribution in [3.05, 3.63) is 11.9 Å². The smallest absolute Gasteiger partial charge is 0.414 e. The zero-order valence-electron chi connectivity index (χ0n) is 10.5. The number of aromatic nitrogens is 2. The van der Waals surface area contributed by atoms with Gasteiger partial charge in [0.05, 0.1) is 6.20 Å². The Balaban J connectivity index is 2.46. The molecular weight excluding hydrogens is 220 g/mol. The van der Waals surface area contributed by atoms with Gasteiger partial charge in [-0.15, -0.1) is 0 Å². The van der Waals surface area contributed by atoms with E-state index < -0.39 is 11.7 Å². The minimum absolute atomic E-state index is 0.395. The van der Waals surface area contributed by atoms with Crippen LogP contribution in [-0.2, 0) is 11.2 Å². The maximum absolute atomic E-state index is 11.4. The Morgan fingerprint density at radius 2 is 2.29 bits per heavy atom. The average molecular weight is 240 g/mol. The minimum atomic E-state index is -0.516. The van der Waals surface area contributed by atoms with E-state index in [0.717, 1.165) is 18.5 Å². The van der Waals surface area contributed by atoms with E-state index in [9.17, 15) is 4.79 Å². The summed E-state index contributed by atoms with van der Waals surface area (Å²) >= 11 is 0. The summed E-state index contributed by atoms with van der Waals surface area (Å²) in [7, 11) is 0. The number of H-pyrrole nitrogens is 1. The van der Waals surface area contributed by atoms with Crippen molar-refractivity contribution in [1.82, 2.24) is 9.97 Å². The molecule has 4 N–H and O–H groups in total. The van der Waals surface area contributed by atoms with Gasteiger partial charge in [-0.2, -0.15) is 0 Å². The molecule has 0 bridgehead atoms. The van der Waals surface area contributed by atoms with Gasteiger partial charge in [0, 0.05) is 5.69 Å². The van der Waals surface area contributed by atoms with Crippen molar-refractivity contribution in [2.75, 3.05) is 11.9 Å². The monoisotopic (exact) mass is 240 g/mol. The number of hydrogen-bond donors (Lipinski definition) is 3. The van der Waals surface area contributed by atoms with E-state index >= 15 is 0 Å². The van der Waals surface area contributed by atoms with Gasteiger partial charge >= 0.3 is 6.09 Å². The summed E-state index contributed by atoms with van der Waals surface area (Å²) in [5.41, 5.74) is 5.84. The fourth-order valence-corrected chi connectivity index (χ4v) is 1.24. The second-order valence-electron chi connectivity index (χ2n) is 4.78. The quantitative estimate of drug-likeness (QED) is 0.746. The molecule has 0 atom stereocenters. The highest BCUT2D eigenvalue weighted by Gasteiger charge is 2.16. The lowest BCUT2D eigenvalue weighted by Crippen LogP contribution is -2.27. The van der Waals surface area contributed by atoms with Gasteiger partial charge in [-0.3, -0.25) is 5.32 Å². The molecule has 0 saturated carbocycles. The number of aryl methyl sites for hydroxylation is 1. The van der Waals surface area contributed by atoms with Crippen molar-refractivity contribution >= 4 is 12.0 Å². The van der Waals surface area contributed by atoms with Gasteiger partial charge < -0.3 is 15.5 Å². The number of nitrogens with zero attached hydrogens (tertiary/aromatic N) is 1. The molecule has 0 fully saturated rings. The number of aromatic amines is 1. The van der Waals surface area contributed by atoms with E-state index in [1.807, 2.05) is 0 Å². The molecule has 0 saturated heterocycles. The van der Waals surface area contributed by atoms with E-state index in [0.29, 0.717) is 12.5 Å². The molecule has 17 heavy (non-hydrogen) atoms. The Kier molecular flexibility index (Phi) is 4.51. The zero-order valence-corrected chi connectivity index (χ0v) is 10.5. The largest absolute Gasteiger partial charge is 0.444 e. The van der Waals surface area contributed by atoms with Crippen molar-refractivity contribution in [1.29, 1.82) is 0 Å². The molecular formula is C11H20N4O2. The number of nitrogens with one attached hydrogen (secondary N) is 2. The molecule has 96 valence electrons. The van der Waals surface area contributed by atoms with Crippen LogP contribution in [0, 0.1) is 0 Å². The maximum Gasteiger partial charge on any atom is 0.414 e. The molecule has 0 aliphatic rings. The van der Waals surface area contributed by atoms with Gasteiger partial charge in [0.25, 0.3) is 0 Å². The number of carbonyl (C=O) groups is 1. The zero-order chi connectivity index (χ0) is 12.9. The third-order valence-electron chi connectivity index (χ3n) is 1.90. The Morgan fingerprint density at radius 3 is 2.88 bits per heavy atom. The van der Waals surface area contributed by atoms with E-state index in [1.54, 1.807) is 27.0 Å². The predicted molar refractivity (Wildman–Crippen MR) is 65.8 cm³/mol. The summed E-state index contributed by atoms with van der Waals surface area (Å²) in [6.07, 6.45) is 2.87. The molecule has 0 aliphatic heterocycles. The molecule has 6 nitrogen and oxygen atoms in total. The van der Waals surface area contributed by atoms with Crippen molar-refractivity contribution in [3.63, 3.8) is 0 Å². The molecule has 6 heteroatoms. The third-order valence-corrected chi connectivity index (χ3v) is 1.90. The second kappa shape index (κ2) is 5.67. The second-order valence-corrected chi connectivity index (χ2v) is 4.78. The summed E-state index contributed by atoms with van der Waals surface area (Å²) in [5, 5.41) is 2.54. The summed E-state index contributed by atoms with van der Waals surface area (Å²) < 4.78 is 5.10. The SMILES string of the molecule is CC(C)(C)OC(=O)Nc1ncc(CCCN)[nH]1. The van der Waals surface area contributed by atoms with Gasteiger partial charge in [-0.1, -0.05) is 0 Å². The van der Waals surface area contributed by atoms with E-state index in [4.69, 9.17) is 10.5 Å². The van der Waals surface area contributed by atoms with Crippen molar-refractivity contribution in [2.24, 2.45) is 5.73 Å². The van der Waals surface area contributed by atoms with E-state index in [-0.39, 0.29) is 0 Å². The molecule has 0 aliphatic carbocycles. The van der Waals surface area contributed by atoms with Gasteiger partial charge in [-0.25, -0.2) is 9.78 Å². The number of carbonyl (C=O) groups excluding carboxylic acids is 1. The highest BCUT2D eigenvalue weighted by molar-refractivity contribution is 5.82. The molecule has 0 radical (unpaired) electrons. The fraction of sp³-hybridized carbons (Fsp3) is 0.636. The van der Waals surface area contributed by atoms with Gasteiger partial charge in [0.1, 0.15) is 5.60 Å². The highest BCUT2D eigenvalue weighted by atomic mass is 16.6. The lowest BCUT2D eigenvalue weighted by molar-refractivity contribution is 0.0635. The number of rotatable bonds is 4. The van der Waals surface area contributed by atoms with Crippen LogP contribution in [0.4, 0.5) is 10.7 Å². The minimum Gasteiger partial charge on any atom is -0.444 e. The van der Waals surface area contributed by atoms with Crippen LogP contribution in [0.2, 0.25) is 0 Å². The van der Waals surface area contributed by atoms with Crippen molar-refractivity contribution in [3.8, 4) is 0 Å². The first-order chi connectivity index (χ1) is 7.90. The third kappa shape index (κ3) is 5.35. The van der Waals surface area contributed by atoms with Crippen LogP contribution in [0.1, 0.15) is 32.9 Å². The molecule has 0 spiro atoms. The van der Waals surface area contributed by atoms with Crippen LogP contribution in [-0.4, -0.2) is 28.2 Å². The summed E-state index contributed by atoms with van der Waals surface area (Å²) in [6, 6.07) is 0. The molecule has 0 aromatic carbocycles. The molecule has 1 aromatic rings. The van der Waals surface area contributed by atoms with E-state index in [1.165, 1.54) is 0 Å². The number of ether oxygens (including phenoxy) is 1. The summed E-state index contributed by atoms with van der Waals surface area (Å²) in [5.74, 6) is 0.395. The first-order valence-electron chi connectivity index (χ1n) is 5.64. The molecule has 1 amide bonds. The van der Waals surface area contributed by atoms with Gasteiger partial charge in [0.15, 0.2) is 0 Å². The normalized spacial score (nSPS) is 11.3. The maximum atomic E-state index is 11.4.